The van der Waals surface area contributed by atoms with E-state index < -0.39 is 17.5 Å². The maximum Gasteiger partial charge on any atom is 0.404 e. The van der Waals surface area contributed by atoms with E-state index in [1.54, 1.807) is 6.92 Å². The van der Waals surface area contributed by atoms with Crippen molar-refractivity contribution in [1.82, 2.24) is 10.2 Å². The van der Waals surface area contributed by atoms with Gasteiger partial charge in [0.05, 0.1) is 12.0 Å². The number of nitrogens with one attached hydrogen (secondary N) is 1. The van der Waals surface area contributed by atoms with E-state index in [0.29, 0.717) is 13.0 Å². The Hall–Kier alpha value is -1.99. The van der Waals surface area contributed by atoms with Crippen LogP contribution in [0.4, 0.5) is 9.59 Å². The molecular weight excluding hydrogens is 242 g/mol. The zero-order valence-corrected chi connectivity index (χ0v) is 10.1. The first-order chi connectivity index (χ1) is 8.35. The average Bonchev–Trinajstić information content (AvgIpc) is 2.68. The van der Waals surface area contributed by atoms with Gasteiger partial charge in [-0.05, 0) is 13.3 Å². The lowest BCUT2D eigenvalue weighted by Gasteiger charge is -2.20. The molecule has 1 unspecified atom stereocenters. The minimum Gasteiger partial charge on any atom is -0.481 e. The predicted octanol–water partition coefficient (Wildman–Crippen LogP) is -0.412. The highest BCUT2D eigenvalue weighted by atomic mass is 16.5. The van der Waals surface area contributed by atoms with E-state index in [0.717, 1.165) is 0 Å². The van der Waals surface area contributed by atoms with E-state index >= 15 is 0 Å². The minimum atomic E-state index is -0.908. The van der Waals surface area contributed by atoms with Crippen molar-refractivity contribution in [1.29, 1.82) is 0 Å². The first kappa shape index (κ1) is 14.1. The lowest BCUT2D eigenvalue weighted by Crippen LogP contribution is -2.42. The molecule has 1 atom stereocenters. The van der Waals surface area contributed by atoms with Gasteiger partial charge >= 0.3 is 18.1 Å². The average molecular weight is 259 g/mol. The van der Waals surface area contributed by atoms with Gasteiger partial charge in [0.2, 0.25) is 0 Å². The van der Waals surface area contributed by atoms with Crippen LogP contribution in [0.1, 0.15) is 13.3 Å². The number of rotatable bonds is 4. The normalized spacial score (nSPS) is 22.6. The van der Waals surface area contributed by atoms with Gasteiger partial charge in [-0.15, -0.1) is 0 Å². The lowest BCUT2D eigenvalue weighted by atomic mass is 9.90. The van der Waals surface area contributed by atoms with Crippen molar-refractivity contribution < 1.29 is 24.2 Å². The molecule has 0 aromatic carbocycles. The second-order valence-corrected chi connectivity index (χ2v) is 4.44. The van der Waals surface area contributed by atoms with Gasteiger partial charge in [-0.25, -0.2) is 9.59 Å². The monoisotopic (exact) mass is 259 g/mol. The third kappa shape index (κ3) is 3.51. The van der Waals surface area contributed by atoms with Crippen molar-refractivity contribution in [2.24, 2.45) is 11.1 Å². The molecule has 1 saturated heterocycles. The Morgan fingerprint density at radius 3 is 2.67 bits per heavy atom. The van der Waals surface area contributed by atoms with E-state index in [1.165, 1.54) is 4.90 Å². The molecule has 0 bridgehead atoms. The van der Waals surface area contributed by atoms with E-state index in [9.17, 15) is 14.4 Å². The summed E-state index contributed by atoms with van der Waals surface area (Å²) in [7, 11) is 0. The number of likely N-dealkylation sites (tertiary alicyclic amines) is 1. The number of carboxylic acid groups (broad SMARTS) is 1. The number of nitrogens with two attached hydrogens (primary N) is 1. The molecule has 0 radical (unpaired) electrons. The van der Waals surface area contributed by atoms with E-state index in [4.69, 9.17) is 10.8 Å². The smallest absolute Gasteiger partial charge is 0.404 e. The topological polar surface area (TPSA) is 122 Å². The largest absolute Gasteiger partial charge is 0.481 e. The molecule has 4 N–H and O–H groups in total. The van der Waals surface area contributed by atoms with Crippen LogP contribution < -0.4 is 11.1 Å². The summed E-state index contributed by atoms with van der Waals surface area (Å²) in [6.07, 6.45) is -0.475. The zero-order valence-electron chi connectivity index (χ0n) is 10.1. The van der Waals surface area contributed by atoms with Crippen LogP contribution in [-0.2, 0) is 9.53 Å². The molecule has 8 heteroatoms. The molecular formula is C10H17N3O5. The molecule has 1 rings (SSSR count). The summed E-state index contributed by atoms with van der Waals surface area (Å²) in [5, 5.41) is 11.5. The van der Waals surface area contributed by atoms with Gasteiger partial charge in [-0.1, -0.05) is 0 Å². The molecule has 0 spiro atoms. The molecule has 1 aliphatic heterocycles. The number of primary amides is 1. The van der Waals surface area contributed by atoms with Crippen molar-refractivity contribution in [3.63, 3.8) is 0 Å². The number of ether oxygens (including phenoxy) is 1. The Morgan fingerprint density at radius 1 is 1.50 bits per heavy atom. The Labute approximate surface area is 104 Å². The Bertz CT molecular complexity index is 359. The number of urea groups is 1. The third-order valence-electron chi connectivity index (χ3n) is 2.90. The molecule has 1 heterocycles. The summed E-state index contributed by atoms with van der Waals surface area (Å²) in [6.45, 7) is 2.31. The number of nitrogens with zero attached hydrogens (tertiary/aromatic N) is 1. The summed E-state index contributed by atoms with van der Waals surface area (Å²) in [6, 6.07) is -0.368. The minimum absolute atomic E-state index is 0.00882. The first-order valence-corrected chi connectivity index (χ1v) is 5.53. The van der Waals surface area contributed by atoms with Crippen LogP contribution in [0.15, 0.2) is 0 Å². The quantitative estimate of drug-likeness (QED) is 0.592. The molecule has 102 valence electrons. The zero-order chi connectivity index (χ0) is 13.8. The fourth-order valence-electron chi connectivity index (χ4n) is 1.73. The van der Waals surface area contributed by atoms with E-state index in [-0.39, 0.29) is 25.7 Å². The summed E-state index contributed by atoms with van der Waals surface area (Å²) in [5.74, 6) is -0.908. The number of hydrogen-bond donors (Lipinski definition) is 3. The summed E-state index contributed by atoms with van der Waals surface area (Å²) < 4.78 is 4.45. The van der Waals surface area contributed by atoms with Crippen LogP contribution in [0.3, 0.4) is 0 Å². The van der Waals surface area contributed by atoms with Gasteiger partial charge < -0.3 is 25.8 Å². The van der Waals surface area contributed by atoms with E-state index in [1.807, 2.05) is 0 Å². The second kappa shape index (κ2) is 5.56. The third-order valence-corrected chi connectivity index (χ3v) is 2.90. The fraction of sp³-hybridized carbons (Fsp3) is 0.700. The van der Waals surface area contributed by atoms with E-state index in [2.05, 4.69) is 10.1 Å². The molecule has 1 fully saturated rings. The molecule has 0 aromatic heterocycles. The van der Waals surface area contributed by atoms with Crippen molar-refractivity contribution >= 4 is 18.1 Å². The number of hydrogen-bond acceptors (Lipinski definition) is 4. The van der Waals surface area contributed by atoms with Gasteiger partial charge in [0.1, 0.15) is 6.61 Å². The van der Waals surface area contributed by atoms with Gasteiger partial charge in [-0.2, -0.15) is 0 Å². The molecule has 18 heavy (non-hydrogen) atoms. The highest BCUT2D eigenvalue weighted by Gasteiger charge is 2.42. The van der Waals surface area contributed by atoms with Gasteiger partial charge in [0.25, 0.3) is 0 Å². The highest BCUT2D eigenvalue weighted by Crippen LogP contribution is 2.29. The number of aliphatic carboxylic acids is 1. The van der Waals surface area contributed by atoms with Gasteiger partial charge in [0.15, 0.2) is 0 Å². The van der Waals surface area contributed by atoms with Crippen LogP contribution in [0, 0.1) is 5.41 Å². The summed E-state index contributed by atoms with van der Waals surface area (Å²) in [4.78, 5) is 34.3. The Kier molecular flexibility index (Phi) is 4.35. The molecule has 8 nitrogen and oxygen atoms in total. The maximum atomic E-state index is 11.7. The SMILES string of the molecule is CC1(C(=O)O)CCN(C(=O)NCCOC(N)=O)C1. The van der Waals surface area contributed by atoms with Crippen molar-refractivity contribution in [3.05, 3.63) is 0 Å². The lowest BCUT2D eigenvalue weighted by molar-refractivity contribution is -0.147. The van der Waals surface area contributed by atoms with Crippen molar-refractivity contribution in [3.8, 4) is 0 Å². The van der Waals surface area contributed by atoms with Crippen molar-refractivity contribution in [2.45, 2.75) is 13.3 Å². The maximum absolute atomic E-state index is 11.7. The van der Waals surface area contributed by atoms with Crippen LogP contribution in [0.5, 0.6) is 0 Å². The molecule has 0 aliphatic carbocycles. The number of carbonyl (C=O) groups excluding carboxylic acids is 2. The number of carboxylic acids is 1. The van der Waals surface area contributed by atoms with Crippen LogP contribution in [-0.4, -0.2) is 54.3 Å². The summed E-state index contributed by atoms with van der Waals surface area (Å²) in [5.41, 5.74) is 3.86. The fourth-order valence-corrected chi connectivity index (χ4v) is 1.73. The number of carbonyl (C=O) groups is 3. The molecule has 3 amide bonds. The molecule has 0 aromatic rings. The Morgan fingerprint density at radius 2 is 2.17 bits per heavy atom. The predicted molar refractivity (Wildman–Crippen MR) is 60.9 cm³/mol. The number of amides is 3. The summed E-state index contributed by atoms with van der Waals surface area (Å²) >= 11 is 0. The van der Waals surface area contributed by atoms with Gasteiger partial charge in [0, 0.05) is 13.1 Å². The standard InChI is InChI=1S/C10H17N3O5/c1-10(7(14)15)2-4-13(6-10)9(17)12-3-5-18-8(11)16/h2-6H2,1H3,(H2,11,16)(H,12,17)(H,14,15). The second-order valence-electron chi connectivity index (χ2n) is 4.44. The van der Waals surface area contributed by atoms with Crippen molar-refractivity contribution in [2.75, 3.05) is 26.2 Å². The van der Waals surface area contributed by atoms with Crippen LogP contribution in [0.25, 0.3) is 0 Å². The van der Waals surface area contributed by atoms with Crippen LogP contribution >= 0.6 is 0 Å². The Balaban J connectivity index is 2.32. The van der Waals surface area contributed by atoms with Gasteiger partial charge in [-0.3, -0.25) is 4.79 Å². The molecule has 1 aliphatic rings. The van der Waals surface area contributed by atoms with Crippen LogP contribution in [0.2, 0.25) is 0 Å². The first-order valence-electron chi connectivity index (χ1n) is 5.53. The molecule has 0 saturated carbocycles. The highest BCUT2D eigenvalue weighted by molar-refractivity contribution is 5.79.